The van der Waals surface area contributed by atoms with Gasteiger partial charge in [0.05, 0.1) is 6.54 Å². The summed E-state index contributed by atoms with van der Waals surface area (Å²) in [6.45, 7) is 1.46. The molecule has 1 amide bonds. The third kappa shape index (κ3) is 3.92. The molecule has 1 aliphatic heterocycles. The smallest absolute Gasteiger partial charge is 0.248 e. The largest absolute Gasteiger partial charge is 0.491 e. The summed E-state index contributed by atoms with van der Waals surface area (Å²) in [4.78, 5) is 13.5. The third-order valence-corrected chi connectivity index (χ3v) is 3.69. The minimum absolute atomic E-state index is 0.0572. The van der Waals surface area contributed by atoms with Crippen molar-refractivity contribution in [1.82, 2.24) is 4.90 Å². The first-order valence-corrected chi connectivity index (χ1v) is 6.79. The first-order chi connectivity index (χ1) is 10.1. The summed E-state index contributed by atoms with van der Waals surface area (Å²) in [5.74, 6) is 0.216. The number of rotatable bonds is 6. The molecule has 0 radical (unpaired) electrons. The predicted octanol–water partition coefficient (Wildman–Crippen LogP) is 1.47. The lowest BCUT2D eigenvalue weighted by molar-refractivity contribution is -0.135. The number of halogens is 1. The van der Waals surface area contributed by atoms with Gasteiger partial charge in [0.1, 0.15) is 30.4 Å². The quantitative estimate of drug-likeness (QED) is 0.798. The van der Waals surface area contributed by atoms with Crippen molar-refractivity contribution in [3.05, 3.63) is 30.1 Å². The van der Waals surface area contributed by atoms with E-state index >= 15 is 0 Å². The number of ether oxygens (including phenoxy) is 3. The van der Waals surface area contributed by atoms with Gasteiger partial charge in [-0.3, -0.25) is 4.79 Å². The second kappa shape index (κ2) is 6.87. The molecule has 0 aliphatic carbocycles. The number of benzene rings is 1. The van der Waals surface area contributed by atoms with Crippen LogP contribution in [0.25, 0.3) is 0 Å². The van der Waals surface area contributed by atoms with Gasteiger partial charge in [-0.2, -0.15) is 0 Å². The van der Waals surface area contributed by atoms with Gasteiger partial charge in [0, 0.05) is 20.8 Å². The van der Waals surface area contributed by atoms with Crippen LogP contribution in [0, 0.1) is 5.82 Å². The Morgan fingerprint density at radius 2 is 2.05 bits per heavy atom. The zero-order valence-electron chi connectivity index (χ0n) is 12.3. The fourth-order valence-electron chi connectivity index (χ4n) is 2.36. The number of carbonyl (C=O) groups is 1. The molecule has 116 valence electrons. The molecule has 21 heavy (non-hydrogen) atoms. The van der Waals surface area contributed by atoms with Crippen LogP contribution in [-0.2, 0) is 14.3 Å². The summed E-state index contributed by atoms with van der Waals surface area (Å²) < 4.78 is 28.9. The summed E-state index contributed by atoms with van der Waals surface area (Å²) in [5.41, 5.74) is -0.530. The molecule has 5 nitrogen and oxygen atoms in total. The summed E-state index contributed by atoms with van der Waals surface area (Å²) in [7, 11) is 3.10. The molecule has 1 aromatic carbocycles. The average molecular weight is 297 g/mol. The van der Waals surface area contributed by atoms with Crippen LogP contribution < -0.4 is 4.74 Å². The molecule has 1 aromatic rings. The van der Waals surface area contributed by atoms with Gasteiger partial charge in [-0.15, -0.1) is 0 Å². The van der Waals surface area contributed by atoms with Crippen molar-refractivity contribution < 1.29 is 23.4 Å². The van der Waals surface area contributed by atoms with E-state index in [4.69, 9.17) is 14.2 Å². The highest BCUT2D eigenvalue weighted by atomic mass is 19.1. The highest BCUT2D eigenvalue weighted by Gasteiger charge is 2.41. The van der Waals surface area contributed by atoms with Crippen molar-refractivity contribution in [2.24, 2.45) is 0 Å². The van der Waals surface area contributed by atoms with Crippen molar-refractivity contribution >= 4 is 5.91 Å². The SMILES string of the molecule is COCC(=O)N1CC[C@@](COc2ccc(F)cc2)(OC)C1. The van der Waals surface area contributed by atoms with Crippen molar-refractivity contribution in [2.75, 3.05) is 40.5 Å². The molecular formula is C15H20FNO4. The molecule has 1 aliphatic rings. The summed E-state index contributed by atoms with van der Waals surface area (Å²) in [6, 6.07) is 5.83. The van der Waals surface area contributed by atoms with E-state index in [0.717, 1.165) is 0 Å². The highest BCUT2D eigenvalue weighted by Crippen LogP contribution is 2.26. The van der Waals surface area contributed by atoms with Gasteiger partial charge >= 0.3 is 0 Å². The van der Waals surface area contributed by atoms with Crippen LogP contribution >= 0.6 is 0 Å². The number of hydrogen-bond acceptors (Lipinski definition) is 4. The molecule has 0 spiro atoms. The molecule has 1 atom stereocenters. The molecular weight excluding hydrogens is 277 g/mol. The lowest BCUT2D eigenvalue weighted by Gasteiger charge is -2.27. The number of nitrogens with zero attached hydrogens (tertiary/aromatic N) is 1. The van der Waals surface area contributed by atoms with E-state index in [9.17, 15) is 9.18 Å². The Kier molecular flexibility index (Phi) is 5.14. The summed E-state index contributed by atoms with van der Waals surface area (Å²) in [6.07, 6.45) is 0.695. The van der Waals surface area contributed by atoms with Crippen LogP contribution in [0.5, 0.6) is 5.75 Å². The standard InChI is InChI=1S/C15H20FNO4/c1-19-9-14(18)17-8-7-15(10-17,20-2)11-21-13-5-3-12(16)4-6-13/h3-6H,7-11H2,1-2H3/t15-/m1/s1. The third-order valence-electron chi connectivity index (χ3n) is 3.69. The van der Waals surface area contributed by atoms with Crippen LogP contribution in [-0.4, -0.2) is 56.9 Å². The van der Waals surface area contributed by atoms with E-state index in [1.807, 2.05) is 0 Å². The van der Waals surface area contributed by atoms with Crippen LogP contribution in [0.15, 0.2) is 24.3 Å². The van der Waals surface area contributed by atoms with Crippen LogP contribution in [0.1, 0.15) is 6.42 Å². The highest BCUT2D eigenvalue weighted by molar-refractivity contribution is 5.77. The van der Waals surface area contributed by atoms with Crippen molar-refractivity contribution in [1.29, 1.82) is 0 Å². The van der Waals surface area contributed by atoms with Gasteiger partial charge in [-0.05, 0) is 30.7 Å². The molecule has 0 N–H and O–H groups in total. The van der Waals surface area contributed by atoms with Crippen LogP contribution in [0.3, 0.4) is 0 Å². The van der Waals surface area contributed by atoms with E-state index < -0.39 is 5.60 Å². The molecule has 1 fully saturated rings. The van der Waals surface area contributed by atoms with E-state index in [0.29, 0.717) is 31.9 Å². The maximum absolute atomic E-state index is 12.8. The maximum atomic E-state index is 12.8. The number of carbonyl (C=O) groups excluding carboxylic acids is 1. The van der Waals surface area contributed by atoms with Gasteiger partial charge in [0.2, 0.25) is 5.91 Å². The van der Waals surface area contributed by atoms with E-state index in [2.05, 4.69) is 0 Å². The number of amides is 1. The minimum Gasteiger partial charge on any atom is -0.491 e. The summed E-state index contributed by atoms with van der Waals surface area (Å²) >= 11 is 0. The fourth-order valence-corrected chi connectivity index (χ4v) is 2.36. The molecule has 0 aromatic heterocycles. The van der Waals surface area contributed by atoms with E-state index in [1.165, 1.54) is 19.2 Å². The first-order valence-electron chi connectivity index (χ1n) is 6.79. The topological polar surface area (TPSA) is 48.0 Å². The summed E-state index contributed by atoms with van der Waals surface area (Å²) in [5, 5.41) is 0. The first kappa shape index (κ1) is 15.7. The Morgan fingerprint density at radius 1 is 1.33 bits per heavy atom. The molecule has 0 unspecified atom stereocenters. The lowest BCUT2D eigenvalue weighted by atomic mass is 10.0. The van der Waals surface area contributed by atoms with Gasteiger partial charge in [-0.25, -0.2) is 4.39 Å². The Labute approximate surface area is 123 Å². The minimum atomic E-state index is -0.530. The average Bonchev–Trinajstić information content (AvgIpc) is 2.92. The maximum Gasteiger partial charge on any atom is 0.248 e. The zero-order chi connectivity index (χ0) is 15.3. The van der Waals surface area contributed by atoms with Gasteiger partial charge in [-0.1, -0.05) is 0 Å². The lowest BCUT2D eigenvalue weighted by Crippen LogP contribution is -2.43. The normalized spacial score (nSPS) is 21.6. The Balaban J connectivity index is 1.93. The number of likely N-dealkylation sites (tertiary alicyclic amines) is 1. The molecule has 2 rings (SSSR count). The monoisotopic (exact) mass is 297 g/mol. The molecule has 1 heterocycles. The Bertz CT molecular complexity index is 479. The van der Waals surface area contributed by atoms with Crippen molar-refractivity contribution in [3.63, 3.8) is 0 Å². The molecule has 0 bridgehead atoms. The van der Waals surface area contributed by atoms with Gasteiger partial charge in [0.25, 0.3) is 0 Å². The van der Waals surface area contributed by atoms with Crippen LogP contribution in [0.4, 0.5) is 4.39 Å². The van der Waals surface area contributed by atoms with E-state index in [1.54, 1.807) is 24.1 Å². The predicted molar refractivity (Wildman–Crippen MR) is 74.7 cm³/mol. The molecule has 0 saturated carbocycles. The van der Waals surface area contributed by atoms with Gasteiger partial charge in [0.15, 0.2) is 0 Å². The van der Waals surface area contributed by atoms with Crippen molar-refractivity contribution in [2.45, 2.75) is 12.0 Å². The second-order valence-electron chi connectivity index (χ2n) is 5.13. The number of methoxy groups -OCH3 is 2. The Morgan fingerprint density at radius 3 is 2.67 bits per heavy atom. The fraction of sp³-hybridized carbons (Fsp3) is 0.533. The zero-order valence-corrected chi connectivity index (χ0v) is 12.3. The van der Waals surface area contributed by atoms with Gasteiger partial charge < -0.3 is 19.1 Å². The molecule has 1 saturated heterocycles. The molecule has 6 heteroatoms. The Hall–Kier alpha value is -1.66. The second-order valence-corrected chi connectivity index (χ2v) is 5.13. The van der Waals surface area contributed by atoms with Crippen LogP contribution in [0.2, 0.25) is 0 Å². The van der Waals surface area contributed by atoms with Crippen molar-refractivity contribution in [3.8, 4) is 5.75 Å². The number of hydrogen-bond donors (Lipinski definition) is 0. The van der Waals surface area contributed by atoms with E-state index in [-0.39, 0.29) is 18.3 Å².